The van der Waals surface area contributed by atoms with E-state index < -0.39 is 5.82 Å². The lowest BCUT2D eigenvalue weighted by atomic mass is 10.1. The minimum absolute atomic E-state index is 0.0322. The maximum atomic E-state index is 14.9. The molecule has 2 atom stereocenters. The fourth-order valence-corrected chi connectivity index (χ4v) is 5.90. The summed E-state index contributed by atoms with van der Waals surface area (Å²) in [5, 5.41) is 4.87. The number of aromatic nitrogens is 5. The van der Waals surface area contributed by atoms with Gasteiger partial charge in [-0.1, -0.05) is 23.4 Å². The summed E-state index contributed by atoms with van der Waals surface area (Å²) in [6.45, 7) is 3.24. The lowest BCUT2D eigenvalue weighted by molar-refractivity contribution is -0.0178. The number of hydrogen-bond donors (Lipinski definition) is 0. The highest BCUT2D eigenvalue weighted by molar-refractivity contribution is 8.00. The molecule has 0 spiro atoms. The van der Waals surface area contributed by atoms with E-state index in [1.807, 2.05) is 24.1 Å². The fraction of sp³-hybridized carbons (Fsp3) is 0.391. The van der Waals surface area contributed by atoms with Gasteiger partial charge in [-0.15, -0.1) is 11.3 Å². The molecule has 1 aromatic carbocycles. The Hall–Kier alpha value is -2.27. The molecule has 4 heterocycles. The highest BCUT2D eigenvalue weighted by Gasteiger charge is 2.32. The molecule has 34 heavy (non-hydrogen) atoms. The zero-order valence-corrected chi connectivity index (χ0v) is 21.0. The smallest absolute Gasteiger partial charge is 0.228 e. The maximum Gasteiger partial charge on any atom is 0.228 e. The summed E-state index contributed by atoms with van der Waals surface area (Å²) < 4.78 is 24.8. The third-order valence-corrected chi connectivity index (χ3v) is 8.31. The van der Waals surface area contributed by atoms with Crippen LogP contribution in [0.15, 0.2) is 34.9 Å². The summed E-state index contributed by atoms with van der Waals surface area (Å²) >= 11 is 9.01. The highest BCUT2D eigenvalue weighted by atomic mass is 35.5. The lowest BCUT2D eigenvalue weighted by Crippen LogP contribution is -2.43. The van der Waals surface area contributed by atoms with E-state index in [0.717, 1.165) is 14.6 Å². The predicted molar refractivity (Wildman–Crippen MR) is 133 cm³/mol. The zero-order valence-electron chi connectivity index (χ0n) is 18.6. The molecular weight excluding hydrogens is 495 g/mol. The molecule has 6 rings (SSSR count). The normalized spacial score (nSPS) is 20.9. The van der Waals surface area contributed by atoms with E-state index in [-0.39, 0.29) is 12.2 Å². The Balaban J connectivity index is 1.40. The molecule has 11 heteroatoms. The number of rotatable bonds is 5. The number of benzene rings is 1. The van der Waals surface area contributed by atoms with Crippen molar-refractivity contribution < 1.29 is 9.13 Å². The van der Waals surface area contributed by atoms with Crippen LogP contribution in [0.4, 0.5) is 10.3 Å². The van der Waals surface area contributed by atoms with E-state index >= 15 is 0 Å². The second-order valence-corrected chi connectivity index (χ2v) is 11.1. The number of ether oxygens (including phenoxy) is 1. The Morgan fingerprint density at radius 1 is 1.21 bits per heavy atom. The number of nitrogens with zero attached hydrogens (tertiary/aromatic N) is 6. The van der Waals surface area contributed by atoms with Crippen LogP contribution in [-0.4, -0.2) is 50.2 Å². The van der Waals surface area contributed by atoms with Crippen LogP contribution in [-0.2, 0) is 4.74 Å². The molecule has 7 nitrogen and oxygen atoms in total. The van der Waals surface area contributed by atoms with E-state index in [1.54, 1.807) is 12.1 Å². The quantitative estimate of drug-likeness (QED) is 0.312. The zero-order chi connectivity index (χ0) is 23.4. The van der Waals surface area contributed by atoms with Gasteiger partial charge < -0.3 is 9.64 Å². The van der Waals surface area contributed by atoms with Crippen molar-refractivity contribution in [2.24, 2.45) is 0 Å². The van der Waals surface area contributed by atoms with Crippen molar-refractivity contribution in [3.8, 4) is 11.3 Å². The Morgan fingerprint density at radius 2 is 2.06 bits per heavy atom. The van der Waals surface area contributed by atoms with Crippen molar-refractivity contribution in [3.63, 3.8) is 0 Å². The molecule has 1 saturated carbocycles. The lowest BCUT2D eigenvalue weighted by Gasteiger charge is -2.36. The number of anilines is 1. The third-order valence-electron chi connectivity index (χ3n) is 6.04. The van der Waals surface area contributed by atoms with Crippen LogP contribution in [0.1, 0.15) is 37.5 Å². The molecule has 1 aliphatic heterocycles. The fourth-order valence-electron chi connectivity index (χ4n) is 4.24. The first-order valence-electron chi connectivity index (χ1n) is 11.1. The second-order valence-electron chi connectivity index (χ2n) is 8.66. The summed E-state index contributed by atoms with van der Waals surface area (Å²) in [6, 6.07) is 5.17. The van der Waals surface area contributed by atoms with Gasteiger partial charge in [0.25, 0.3) is 0 Å². The molecule has 3 aromatic heterocycles. The van der Waals surface area contributed by atoms with E-state index in [9.17, 15) is 4.39 Å². The molecule has 2 fully saturated rings. The van der Waals surface area contributed by atoms with Gasteiger partial charge in [0.1, 0.15) is 16.6 Å². The SMILES string of the molecule is CSc1nc2nc(N3C[C@@H](C)O[C@@H](c4cnn(C5CC5)c4)C3)nc(-c3ccc(Cl)cc3F)c2s1. The van der Waals surface area contributed by atoms with Crippen molar-refractivity contribution in [3.05, 3.63) is 47.0 Å². The Morgan fingerprint density at radius 3 is 2.82 bits per heavy atom. The third kappa shape index (κ3) is 4.17. The van der Waals surface area contributed by atoms with Crippen LogP contribution in [0.2, 0.25) is 5.02 Å². The van der Waals surface area contributed by atoms with Gasteiger partial charge >= 0.3 is 0 Å². The largest absolute Gasteiger partial charge is 0.367 e. The highest BCUT2D eigenvalue weighted by Crippen LogP contribution is 2.38. The molecule has 1 saturated heterocycles. The standard InChI is InChI=1S/C23H22ClFN6OS2/c1-12-9-30(11-18(32-12)13-8-26-31(10-13)15-4-5-15)22-27-19(16-6-3-14(24)7-17(16)25)20-21(28-22)29-23(33-2)34-20/h3,6-8,10,12,15,18H,4-5,9,11H2,1-2H3/t12-,18-/m1/s1. The van der Waals surface area contributed by atoms with Crippen LogP contribution in [0.25, 0.3) is 21.6 Å². The molecule has 0 N–H and O–H groups in total. The number of fused-ring (bicyclic) bond motifs is 1. The van der Waals surface area contributed by atoms with Gasteiger partial charge in [-0.2, -0.15) is 10.1 Å². The average molecular weight is 517 g/mol. The van der Waals surface area contributed by atoms with Gasteiger partial charge in [-0.3, -0.25) is 4.68 Å². The summed E-state index contributed by atoms with van der Waals surface area (Å²) in [6.07, 6.45) is 8.12. The van der Waals surface area contributed by atoms with Gasteiger partial charge in [0.05, 0.1) is 30.6 Å². The van der Waals surface area contributed by atoms with Crippen molar-refractivity contribution in [1.82, 2.24) is 24.7 Å². The minimum atomic E-state index is -0.418. The van der Waals surface area contributed by atoms with Crippen LogP contribution >= 0.6 is 34.7 Å². The van der Waals surface area contributed by atoms with E-state index in [2.05, 4.69) is 21.2 Å². The molecule has 1 aliphatic carbocycles. The van der Waals surface area contributed by atoms with E-state index in [4.69, 9.17) is 26.3 Å². The van der Waals surface area contributed by atoms with E-state index in [0.29, 0.717) is 47.0 Å². The summed E-state index contributed by atoms with van der Waals surface area (Å²) in [5.41, 5.74) is 2.54. The van der Waals surface area contributed by atoms with Crippen LogP contribution in [0.5, 0.6) is 0 Å². The molecule has 0 radical (unpaired) electrons. The second kappa shape index (κ2) is 8.75. The number of thioether (sulfide) groups is 1. The van der Waals surface area contributed by atoms with Crippen molar-refractivity contribution in [2.75, 3.05) is 24.2 Å². The Kier molecular flexibility index (Phi) is 5.71. The summed E-state index contributed by atoms with van der Waals surface area (Å²) in [4.78, 5) is 16.4. The van der Waals surface area contributed by atoms with Gasteiger partial charge in [0.2, 0.25) is 5.95 Å². The number of halogens is 2. The first-order valence-corrected chi connectivity index (χ1v) is 13.5. The van der Waals surface area contributed by atoms with Gasteiger partial charge in [-0.25, -0.2) is 14.4 Å². The molecule has 176 valence electrons. The van der Waals surface area contributed by atoms with E-state index in [1.165, 1.54) is 42.0 Å². The Bertz CT molecular complexity index is 1370. The maximum absolute atomic E-state index is 14.9. The summed E-state index contributed by atoms with van der Waals surface area (Å²) in [7, 11) is 0. The molecule has 4 aromatic rings. The predicted octanol–water partition coefficient (Wildman–Crippen LogP) is 5.77. The topological polar surface area (TPSA) is 69.0 Å². The molecule has 2 aliphatic rings. The van der Waals surface area contributed by atoms with Crippen molar-refractivity contribution >= 4 is 51.0 Å². The number of thiazole rings is 1. The van der Waals surface area contributed by atoms with Crippen LogP contribution < -0.4 is 4.90 Å². The van der Waals surface area contributed by atoms with Crippen molar-refractivity contribution in [1.29, 1.82) is 0 Å². The first kappa shape index (κ1) is 22.2. The molecule has 0 bridgehead atoms. The van der Waals surface area contributed by atoms with Gasteiger partial charge in [-0.05, 0) is 44.2 Å². The van der Waals surface area contributed by atoms with Gasteiger partial charge in [0, 0.05) is 28.9 Å². The molecule has 0 unspecified atom stereocenters. The Labute approximate surface area is 209 Å². The van der Waals surface area contributed by atoms with Crippen LogP contribution in [0, 0.1) is 5.82 Å². The number of morpholine rings is 1. The van der Waals surface area contributed by atoms with Crippen LogP contribution in [0.3, 0.4) is 0 Å². The monoisotopic (exact) mass is 516 g/mol. The number of hydrogen-bond acceptors (Lipinski definition) is 8. The average Bonchev–Trinajstić information content (AvgIpc) is 3.39. The summed E-state index contributed by atoms with van der Waals surface area (Å²) in [5.74, 6) is 0.0998. The molecular formula is C23H22ClFN6OS2. The van der Waals surface area contributed by atoms with Gasteiger partial charge in [0.15, 0.2) is 9.99 Å². The minimum Gasteiger partial charge on any atom is -0.367 e. The first-order chi connectivity index (χ1) is 16.5. The van der Waals surface area contributed by atoms with Crippen molar-refractivity contribution in [2.45, 2.75) is 42.4 Å². The molecule has 0 amide bonds.